The summed E-state index contributed by atoms with van der Waals surface area (Å²) in [7, 11) is 2.01. The molecule has 1 saturated heterocycles. The van der Waals surface area contributed by atoms with Crippen molar-refractivity contribution in [3.05, 3.63) is 17.5 Å². The Bertz CT molecular complexity index is 472. The summed E-state index contributed by atoms with van der Waals surface area (Å²) < 4.78 is 1.94. The lowest BCUT2D eigenvalue weighted by molar-refractivity contribution is 0.0839. The number of hydrogen-bond acceptors (Lipinski definition) is 3. The number of hydrogen-bond donors (Lipinski definition) is 1. The molecule has 1 aliphatic heterocycles. The molecule has 2 rings (SSSR count). The summed E-state index contributed by atoms with van der Waals surface area (Å²) in [5, 5.41) is 4.72. The number of nitrogens with zero attached hydrogens (tertiary/aromatic N) is 3. The predicted molar refractivity (Wildman–Crippen MR) is 88.3 cm³/mol. The second-order valence-electron chi connectivity index (χ2n) is 7.82. The first-order valence-electron chi connectivity index (χ1n) is 8.23. The summed E-state index contributed by atoms with van der Waals surface area (Å²) in [5.41, 5.74) is 8.73. The van der Waals surface area contributed by atoms with Gasteiger partial charge in [-0.25, -0.2) is 0 Å². The number of piperidine rings is 1. The fourth-order valence-corrected chi connectivity index (χ4v) is 3.66. The van der Waals surface area contributed by atoms with Crippen LogP contribution in [0, 0.1) is 5.92 Å². The average molecular weight is 292 g/mol. The van der Waals surface area contributed by atoms with E-state index in [1.807, 2.05) is 11.7 Å². The second-order valence-corrected chi connectivity index (χ2v) is 7.82. The highest BCUT2D eigenvalue weighted by Gasteiger charge is 2.33. The quantitative estimate of drug-likeness (QED) is 0.932. The van der Waals surface area contributed by atoms with Gasteiger partial charge in [0.05, 0.1) is 11.7 Å². The first-order valence-corrected chi connectivity index (χ1v) is 8.23. The summed E-state index contributed by atoms with van der Waals surface area (Å²) >= 11 is 0. The van der Waals surface area contributed by atoms with E-state index in [4.69, 9.17) is 10.8 Å². The van der Waals surface area contributed by atoms with Crippen LogP contribution in [0.4, 0.5) is 0 Å². The maximum Gasteiger partial charge on any atom is 0.0726 e. The minimum absolute atomic E-state index is 0.0519. The van der Waals surface area contributed by atoms with E-state index in [2.05, 4.69) is 45.7 Å². The normalized spacial score (nSPS) is 26.0. The first-order chi connectivity index (χ1) is 9.74. The molecule has 0 amide bonds. The van der Waals surface area contributed by atoms with Gasteiger partial charge in [-0.3, -0.25) is 9.58 Å². The number of rotatable bonds is 3. The molecule has 2 N–H and O–H groups in total. The van der Waals surface area contributed by atoms with Gasteiger partial charge in [-0.15, -0.1) is 0 Å². The molecule has 0 aliphatic carbocycles. The number of likely N-dealkylation sites (tertiary alicyclic amines) is 1. The largest absolute Gasteiger partial charge is 0.329 e. The van der Waals surface area contributed by atoms with E-state index in [-0.39, 0.29) is 11.5 Å². The zero-order chi connectivity index (χ0) is 15.8. The maximum absolute atomic E-state index is 6.18. The fraction of sp³-hybridized carbons (Fsp3) is 0.824. The van der Waals surface area contributed by atoms with Gasteiger partial charge in [-0.2, -0.15) is 5.10 Å². The number of aromatic nitrogens is 2. The van der Waals surface area contributed by atoms with Crippen LogP contribution in [0.5, 0.6) is 0 Å². The van der Waals surface area contributed by atoms with E-state index in [1.165, 1.54) is 24.1 Å². The molecule has 0 radical (unpaired) electrons. The molecule has 0 saturated carbocycles. The van der Waals surface area contributed by atoms with E-state index in [1.54, 1.807) is 0 Å². The summed E-state index contributed by atoms with van der Waals surface area (Å²) in [6.45, 7) is 13.2. The molecule has 2 heterocycles. The molecule has 1 aromatic rings. The molecule has 1 fully saturated rings. The van der Waals surface area contributed by atoms with Crippen molar-refractivity contribution in [3.8, 4) is 0 Å². The van der Waals surface area contributed by atoms with Gasteiger partial charge in [0.2, 0.25) is 0 Å². The van der Waals surface area contributed by atoms with Crippen LogP contribution in [0.2, 0.25) is 0 Å². The topological polar surface area (TPSA) is 47.1 Å². The van der Waals surface area contributed by atoms with Crippen LogP contribution in [0.25, 0.3) is 0 Å². The van der Waals surface area contributed by atoms with Gasteiger partial charge in [0.15, 0.2) is 0 Å². The molecule has 1 aliphatic rings. The van der Waals surface area contributed by atoms with E-state index in [0.717, 1.165) is 12.5 Å². The number of aryl methyl sites for hydroxylation is 1. The van der Waals surface area contributed by atoms with Gasteiger partial charge in [-0.1, -0.05) is 27.7 Å². The van der Waals surface area contributed by atoms with Crippen molar-refractivity contribution in [1.82, 2.24) is 14.7 Å². The van der Waals surface area contributed by atoms with Gasteiger partial charge >= 0.3 is 0 Å². The summed E-state index contributed by atoms with van der Waals surface area (Å²) in [5.74, 6) is 0.825. The lowest BCUT2D eigenvalue weighted by atomic mass is 9.85. The van der Waals surface area contributed by atoms with Crippen molar-refractivity contribution in [3.63, 3.8) is 0 Å². The van der Waals surface area contributed by atoms with Crippen molar-refractivity contribution in [2.24, 2.45) is 18.7 Å². The maximum atomic E-state index is 6.18. The molecular weight excluding hydrogens is 260 g/mol. The van der Waals surface area contributed by atoms with E-state index >= 15 is 0 Å². The minimum Gasteiger partial charge on any atom is -0.329 e. The summed E-state index contributed by atoms with van der Waals surface area (Å²) in [6, 6.07) is 0.880. The number of nitrogens with two attached hydrogens (primary N) is 1. The zero-order valence-corrected chi connectivity index (χ0v) is 14.6. The first kappa shape index (κ1) is 16.5. The van der Waals surface area contributed by atoms with Crippen LogP contribution in [-0.4, -0.2) is 33.8 Å². The average Bonchev–Trinajstić information content (AvgIpc) is 2.75. The highest BCUT2D eigenvalue weighted by molar-refractivity contribution is 5.28. The third-order valence-corrected chi connectivity index (χ3v) is 4.74. The van der Waals surface area contributed by atoms with E-state index < -0.39 is 0 Å². The monoisotopic (exact) mass is 292 g/mol. The summed E-state index contributed by atoms with van der Waals surface area (Å²) in [4.78, 5) is 2.59. The molecular formula is C17H32N4. The van der Waals surface area contributed by atoms with Crippen molar-refractivity contribution < 1.29 is 0 Å². The highest BCUT2D eigenvalue weighted by atomic mass is 15.3. The third-order valence-electron chi connectivity index (χ3n) is 4.74. The SMILES string of the molecule is CC1CCN(C(CN)c2cn(C)nc2C(C)(C)C)C(C)C1. The Morgan fingerprint density at radius 3 is 2.57 bits per heavy atom. The Kier molecular flexibility index (Phi) is 4.79. The minimum atomic E-state index is 0.0519. The van der Waals surface area contributed by atoms with Gasteiger partial charge in [0, 0.05) is 36.8 Å². The molecule has 1 aromatic heterocycles. The van der Waals surface area contributed by atoms with Crippen LogP contribution < -0.4 is 5.73 Å². The Hall–Kier alpha value is -0.870. The van der Waals surface area contributed by atoms with Crippen LogP contribution in [0.1, 0.15) is 64.8 Å². The Morgan fingerprint density at radius 2 is 2.05 bits per heavy atom. The van der Waals surface area contributed by atoms with Crippen molar-refractivity contribution in [1.29, 1.82) is 0 Å². The van der Waals surface area contributed by atoms with Crippen LogP contribution in [0.15, 0.2) is 6.20 Å². The Morgan fingerprint density at radius 1 is 1.38 bits per heavy atom. The third kappa shape index (κ3) is 3.49. The smallest absolute Gasteiger partial charge is 0.0726 e. The zero-order valence-electron chi connectivity index (χ0n) is 14.6. The lowest BCUT2D eigenvalue weighted by Crippen LogP contribution is -2.45. The van der Waals surface area contributed by atoms with Gasteiger partial charge < -0.3 is 5.73 Å². The van der Waals surface area contributed by atoms with Crippen molar-refractivity contribution >= 4 is 0 Å². The van der Waals surface area contributed by atoms with Crippen molar-refractivity contribution in [2.45, 2.75) is 65.0 Å². The highest BCUT2D eigenvalue weighted by Crippen LogP contribution is 2.35. The molecule has 0 bridgehead atoms. The van der Waals surface area contributed by atoms with Crippen LogP contribution in [0.3, 0.4) is 0 Å². The molecule has 4 heteroatoms. The van der Waals surface area contributed by atoms with Crippen LogP contribution >= 0.6 is 0 Å². The van der Waals surface area contributed by atoms with Gasteiger partial charge in [0.25, 0.3) is 0 Å². The molecule has 21 heavy (non-hydrogen) atoms. The van der Waals surface area contributed by atoms with E-state index in [0.29, 0.717) is 12.6 Å². The molecule has 3 atom stereocenters. The standard InChI is InChI=1S/C17H32N4/c1-12-7-8-21(13(2)9-12)15(10-18)14-11-20(6)19-16(14)17(3,4)5/h11-13,15H,7-10,18H2,1-6H3. The lowest BCUT2D eigenvalue weighted by Gasteiger charge is -2.42. The molecule has 120 valence electrons. The molecule has 0 spiro atoms. The molecule has 3 unspecified atom stereocenters. The van der Waals surface area contributed by atoms with Gasteiger partial charge in [0.1, 0.15) is 0 Å². The van der Waals surface area contributed by atoms with E-state index in [9.17, 15) is 0 Å². The Labute approximate surface area is 129 Å². The predicted octanol–water partition coefficient (Wildman–Crippen LogP) is 2.84. The molecule has 4 nitrogen and oxygen atoms in total. The second kappa shape index (κ2) is 6.09. The van der Waals surface area contributed by atoms with Gasteiger partial charge in [-0.05, 0) is 32.2 Å². The molecule has 0 aromatic carbocycles. The van der Waals surface area contributed by atoms with Crippen molar-refractivity contribution in [2.75, 3.05) is 13.1 Å². The fourth-order valence-electron chi connectivity index (χ4n) is 3.66. The summed E-state index contributed by atoms with van der Waals surface area (Å²) in [6.07, 6.45) is 4.70. The van der Waals surface area contributed by atoms with Crippen LogP contribution in [-0.2, 0) is 12.5 Å². The Balaban J connectivity index is 2.34.